The van der Waals surface area contributed by atoms with Crippen molar-refractivity contribution in [1.82, 2.24) is 9.80 Å². The van der Waals surface area contributed by atoms with Crippen LogP contribution in [0.2, 0.25) is 0 Å². The van der Waals surface area contributed by atoms with Crippen molar-refractivity contribution in [2.24, 2.45) is 0 Å². The number of thiophene rings is 1. The van der Waals surface area contributed by atoms with Gasteiger partial charge in [0.2, 0.25) is 5.91 Å². The summed E-state index contributed by atoms with van der Waals surface area (Å²) in [6.07, 6.45) is 4.38. The predicted molar refractivity (Wildman–Crippen MR) is 110 cm³/mol. The molecule has 2 atom stereocenters. The van der Waals surface area contributed by atoms with Gasteiger partial charge in [0.25, 0.3) is 0 Å². The fraction of sp³-hybridized carbons (Fsp3) is 0.500. The first kappa shape index (κ1) is 19.4. The number of aromatic hydroxyl groups is 1. The number of rotatable bonds is 7. The summed E-state index contributed by atoms with van der Waals surface area (Å²) in [5, 5.41) is 12.3. The molecule has 1 aromatic heterocycles. The highest BCUT2D eigenvalue weighted by molar-refractivity contribution is 7.10. The van der Waals surface area contributed by atoms with Crippen LogP contribution in [0.5, 0.6) is 5.75 Å². The molecule has 0 aliphatic carbocycles. The molecule has 2 saturated heterocycles. The van der Waals surface area contributed by atoms with Crippen LogP contribution < -0.4 is 0 Å². The maximum absolute atomic E-state index is 13.2. The third kappa shape index (κ3) is 4.57. The number of ether oxygens (including phenoxy) is 1. The summed E-state index contributed by atoms with van der Waals surface area (Å²) in [5.74, 6) is 0.453. The number of phenols is 1. The van der Waals surface area contributed by atoms with Crippen molar-refractivity contribution in [3.05, 3.63) is 52.2 Å². The molecule has 0 radical (unpaired) electrons. The van der Waals surface area contributed by atoms with Crippen molar-refractivity contribution >= 4 is 17.2 Å². The highest BCUT2D eigenvalue weighted by Gasteiger charge is 2.32. The molecule has 0 spiro atoms. The van der Waals surface area contributed by atoms with E-state index in [0.29, 0.717) is 13.1 Å². The van der Waals surface area contributed by atoms with Gasteiger partial charge in [-0.05, 0) is 43.2 Å². The molecule has 6 heteroatoms. The smallest absolute Gasteiger partial charge is 0.237 e. The zero-order chi connectivity index (χ0) is 19.3. The molecule has 2 aromatic rings. The lowest BCUT2D eigenvalue weighted by atomic mass is 10.1. The molecule has 2 aliphatic rings. The molecule has 5 nitrogen and oxygen atoms in total. The summed E-state index contributed by atoms with van der Waals surface area (Å²) in [4.78, 5) is 18.6. The van der Waals surface area contributed by atoms with E-state index in [2.05, 4.69) is 22.4 Å². The van der Waals surface area contributed by atoms with Crippen molar-refractivity contribution in [2.45, 2.75) is 44.4 Å². The van der Waals surface area contributed by atoms with E-state index in [0.717, 1.165) is 50.9 Å². The lowest BCUT2D eigenvalue weighted by Crippen LogP contribution is -2.42. The summed E-state index contributed by atoms with van der Waals surface area (Å²) < 4.78 is 5.81. The number of para-hydroxylation sites is 1. The van der Waals surface area contributed by atoms with Crippen molar-refractivity contribution in [3.63, 3.8) is 0 Å². The number of hydrogen-bond acceptors (Lipinski definition) is 5. The van der Waals surface area contributed by atoms with Crippen molar-refractivity contribution in [1.29, 1.82) is 0 Å². The van der Waals surface area contributed by atoms with Gasteiger partial charge >= 0.3 is 0 Å². The van der Waals surface area contributed by atoms with Gasteiger partial charge in [-0.1, -0.05) is 24.3 Å². The first-order chi connectivity index (χ1) is 13.7. The Morgan fingerprint density at radius 3 is 2.86 bits per heavy atom. The molecule has 0 bridgehead atoms. The number of carbonyl (C=O) groups is 1. The Morgan fingerprint density at radius 2 is 2.11 bits per heavy atom. The monoisotopic (exact) mass is 400 g/mol. The number of amides is 1. The van der Waals surface area contributed by atoms with Crippen LogP contribution in [0, 0.1) is 0 Å². The molecule has 1 aromatic carbocycles. The Kier molecular flexibility index (Phi) is 6.29. The minimum atomic E-state index is 0.171. The zero-order valence-electron chi connectivity index (χ0n) is 16.1. The maximum Gasteiger partial charge on any atom is 0.237 e. The lowest BCUT2D eigenvalue weighted by Gasteiger charge is -2.29. The average Bonchev–Trinajstić information content (AvgIpc) is 3.45. The van der Waals surface area contributed by atoms with Gasteiger partial charge in [0.05, 0.1) is 18.7 Å². The van der Waals surface area contributed by atoms with Crippen LogP contribution in [0.4, 0.5) is 0 Å². The van der Waals surface area contributed by atoms with Crippen molar-refractivity contribution in [3.8, 4) is 5.75 Å². The number of hydrogen-bond donors (Lipinski definition) is 1. The molecule has 0 saturated carbocycles. The molecule has 1 N–H and O–H groups in total. The van der Waals surface area contributed by atoms with E-state index in [9.17, 15) is 9.90 Å². The number of nitrogens with zero attached hydrogens (tertiary/aromatic N) is 2. The van der Waals surface area contributed by atoms with E-state index < -0.39 is 0 Å². The Labute approximate surface area is 170 Å². The average molecular weight is 401 g/mol. The topological polar surface area (TPSA) is 53.0 Å². The van der Waals surface area contributed by atoms with E-state index in [1.54, 1.807) is 17.4 Å². The minimum Gasteiger partial charge on any atom is -0.508 e. The zero-order valence-corrected chi connectivity index (χ0v) is 16.9. The van der Waals surface area contributed by atoms with Crippen molar-refractivity contribution in [2.75, 3.05) is 26.2 Å². The SMILES string of the molecule is O=C(CN(Cc1ccccc1O)CC1CCCO1)N1CCCC1c1cccs1. The van der Waals surface area contributed by atoms with Crippen molar-refractivity contribution < 1.29 is 14.6 Å². The lowest BCUT2D eigenvalue weighted by molar-refractivity contribution is -0.133. The van der Waals surface area contributed by atoms with E-state index in [4.69, 9.17) is 4.74 Å². The highest BCUT2D eigenvalue weighted by atomic mass is 32.1. The second-order valence-corrected chi connectivity index (χ2v) is 8.67. The fourth-order valence-corrected chi connectivity index (χ4v) is 5.14. The molecular formula is C22H28N2O3S. The van der Waals surface area contributed by atoms with Gasteiger partial charge < -0.3 is 14.7 Å². The Bertz CT molecular complexity index is 774. The Morgan fingerprint density at radius 1 is 1.21 bits per heavy atom. The molecule has 4 rings (SSSR count). The molecule has 1 amide bonds. The molecule has 150 valence electrons. The molecule has 2 fully saturated rings. The van der Waals surface area contributed by atoms with Gasteiger partial charge in [-0.15, -0.1) is 11.3 Å². The van der Waals surface area contributed by atoms with Gasteiger partial charge in [-0.2, -0.15) is 0 Å². The van der Waals surface area contributed by atoms with Crippen LogP contribution in [0.3, 0.4) is 0 Å². The summed E-state index contributed by atoms with van der Waals surface area (Å²) in [5.41, 5.74) is 0.851. The number of benzene rings is 1. The van der Waals surface area contributed by atoms with Crippen LogP contribution in [0.1, 0.15) is 42.2 Å². The second kappa shape index (κ2) is 9.07. The van der Waals surface area contributed by atoms with E-state index >= 15 is 0 Å². The minimum absolute atomic E-state index is 0.171. The van der Waals surface area contributed by atoms with Gasteiger partial charge in [0.15, 0.2) is 0 Å². The largest absolute Gasteiger partial charge is 0.508 e. The van der Waals surface area contributed by atoms with E-state index in [1.807, 2.05) is 23.1 Å². The second-order valence-electron chi connectivity index (χ2n) is 7.69. The quantitative estimate of drug-likeness (QED) is 0.768. The normalized spacial score (nSPS) is 22.2. The Balaban J connectivity index is 1.46. The van der Waals surface area contributed by atoms with Gasteiger partial charge in [0, 0.05) is 36.7 Å². The molecule has 2 aliphatic heterocycles. The van der Waals surface area contributed by atoms with Crippen LogP contribution in [0.15, 0.2) is 41.8 Å². The standard InChI is InChI=1S/C22H28N2O3S/c25-20-9-2-1-6-17(20)14-23(15-18-7-4-12-27-18)16-22(26)24-11-3-8-19(24)21-10-5-13-28-21/h1-2,5-6,9-10,13,18-19,25H,3-4,7-8,11-12,14-16H2. The molecule has 28 heavy (non-hydrogen) atoms. The van der Waals surface area contributed by atoms with Crippen LogP contribution in [-0.2, 0) is 16.1 Å². The third-order valence-corrected chi connectivity index (χ3v) is 6.65. The first-order valence-electron chi connectivity index (χ1n) is 10.1. The number of likely N-dealkylation sites (tertiary alicyclic amines) is 1. The van der Waals surface area contributed by atoms with Crippen LogP contribution in [0.25, 0.3) is 0 Å². The van der Waals surface area contributed by atoms with Gasteiger partial charge in [-0.25, -0.2) is 0 Å². The molecular weight excluding hydrogens is 372 g/mol. The summed E-state index contributed by atoms with van der Waals surface area (Å²) >= 11 is 1.73. The first-order valence-corrected chi connectivity index (χ1v) is 11.0. The van der Waals surface area contributed by atoms with Gasteiger partial charge in [-0.3, -0.25) is 9.69 Å². The number of carbonyl (C=O) groups excluding carboxylic acids is 1. The van der Waals surface area contributed by atoms with Gasteiger partial charge in [0.1, 0.15) is 5.75 Å². The van der Waals surface area contributed by atoms with Crippen LogP contribution >= 0.6 is 11.3 Å². The molecule has 3 heterocycles. The summed E-state index contributed by atoms with van der Waals surface area (Å²) in [7, 11) is 0. The fourth-order valence-electron chi connectivity index (χ4n) is 4.27. The number of phenolic OH excluding ortho intramolecular Hbond substituents is 1. The summed E-state index contributed by atoms with van der Waals surface area (Å²) in [6.45, 7) is 3.25. The highest BCUT2D eigenvalue weighted by Crippen LogP contribution is 2.34. The summed E-state index contributed by atoms with van der Waals surface area (Å²) in [6, 6.07) is 11.8. The van der Waals surface area contributed by atoms with Crippen LogP contribution in [-0.4, -0.2) is 53.2 Å². The van der Waals surface area contributed by atoms with E-state index in [-0.39, 0.29) is 23.8 Å². The third-order valence-electron chi connectivity index (χ3n) is 5.68. The predicted octanol–water partition coefficient (Wildman–Crippen LogP) is 3.80. The van der Waals surface area contributed by atoms with E-state index in [1.165, 1.54) is 4.88 Å². The molecule has 2 unspecified atom stereocenters. The maximum atomic E-state index is 13.2. The Hall–Kier alpha value is -1.89.